The largest absolute Gasteiger partial charge is 0.307 e. The molecule has 0 amide bonds. The third kappa shape index (κ3) is 2.41. The molecule has 172 valence electrons. The van der Waals surface area contributed by atoms with E-state index in [1.54, 1.807) is 5.56 Å². The summed E-state index contributed by atoms with van der Waals surface area (Å²) in [6.07, 6.45) is 6.81. The van der Waals surface area contributed by atoms with Crippen LogP contribution in [0.3, 0.4) is 0 Å². The fraction of sp³-hybridized carbons (Fsp3) is 0.176. The second-order valence-electron chi connectivity index (χ2n) is 10.8. The number of nitrogens with zero attached hydrogens (tertiary/aromatic N) is 1. The lowest BCUT2D eigenvalue weighted by molar-refractivity contribution is 0.444. The number of rotatable bonds is 1. The third-order valence-electron chi connectivity index (χ3n) is 8.88. The first-order chi connectivity index (χ1) is 17.9. The van der Waals surface area contributed by atoms with Crippen LogP contribution in [0.15, 0.2) is 84.9 Å². The van der Waals surface area contributed by atoms with E-state index >= 15 is 0 Å². The van der Waals surface area contributed by atoms with E-state index in [1.165, 1.54) is 101 Å². The summed E-state index contributed by atoms with van der Waals surface area (Å²) in [5.74, 6) is 0.712. The summed E-state index contributed by atoms with van der Waals surface area (Å²) in [6.45, 7) is 0. The van der Waals surface area contributed by atoms with Crippen LogP contribution in [0.5, 0.6) is 0 Å². The van der Waals surface area contributed by atoms with Gasteiger partial charge in [0.25, 0.3) is 0 Å². The first kappa shape index (κ1) is 19.6. The Hall–Kier alpha value is -3.62. The molecule has 0 atom stereocenters. The molecular weight excluding hydrogens is 454 g/mol. The molecule has 3 heterocycles. The smallest absolute Gasteiger partial charge is 0.0734 e. The van der Waals surface area contributed by atoms with Crippen LogP contribution in [0.25, 0.3) is 69.0 Å². The molecule has 1 aliphatic carbocycles. The first-order valence-corrected chi connectivity index (χ1v) is 14.1. The Morgan fingerprint density at radius 3 is 2.31 bits per heavy atom. The number of hydrogen-bond acceptors (Lipinski definition) is 1. The van der Waals surface area contributed by atoms with E-state index in [2.05, 4.69) is 89.3 Å². The number of thiophene rings is 1. The molecule has 1 saturated carbocycles. The molecule has 8 aromatic rings. The standard InChI is InChI=1S/C34H25NS/c1-2-8-20(9-3-1)22-16-17-28-27(18-22)34-32-31-26(19-23-10-4-5-13-24(23)33(31)36-34)25-14-6-11-21-12-7-15-29(30(21)25)35(28)32/h4-7,10-20H,1-3,8-9H2. The zero-order valence-electron chi connectivity index (χ0n) is 20.1. The highest BCUT2D eigenvalue weighted by atomic mass is 32.1. The van der Waals surface area contributed by atoms with Crippen LogP contribution in [0, 0.1) is 0 Å². The molecule has 5 aromatic carbocycles. The topological polar surface area (TPSA) is 4.41 Å². The number of hydrogen-bond donors (Lipinski definition) is 0. The summed E-state index contributed by atoms with van der Waals surface area (Å²) in [6, 6.07) is 32.4. The fourth-order valence-electron chi connectivity index (χ4n) is 7.25. The summed E-state index contributed by atoms with van der Waals surface area (Å²) in [7, 11) is 0. The van der Waals surface area contributed by atoms with E-state index in [4.69, 9.17) is 0 Å². The van der Waals surface area contributed by atoms with Gasteiger partial charge in [-0.25, -0.2) is 0 Å². The maximum atomic E-state index is 2.59. The van der Waals surface area contributed by atoms with Crippen molar-refractivity contribution in [1.29, 1.82) is 0 Å². The van der Waals surface area contributed by atoms with Gasteiger partial charge in [-0.3, -0.25) is 0 Å². The third-order valence-corrected chi connectivity index (χ3v) is 10.1. The van der Waals surface area contributed by atoms with Gasteiger partial charge in [-0.2, -0.15) is 0 Å². The van der Waals surface area contributed by atoms with E-state index < -0.39 is 0 Å². The summed E-state index contributed by atoms with van der Waals surface area (Å²) >= 11 is 2.00. The molecule has 0 saturated heterocycles. The van der Waals surface area contributed by atoms with Crippen LogP contribution in [0.1, 0.15) is 43.6 Å². The van der Waals surface area contributed by atoms with E-state index in [0.717, 1.165) is 0 Å². The Morgan fingerprint density at radius 1 is 0.583 bits per heavy atom. The molecule has 1 nitrogen and oxygen atoms in total. The van der Waals surface area contributed by atoms with E-state index in [-0.39, 0.29) is 0 Å². The maximum Gasteiger partial charge on any atom is 0.0734 e. The average molecular weight is 480 g/mol. The molecular formula is C34H25NS. The lowest BCUT2D eigenvalue weighted by Crippen LogP contribution is -2.04. The van der Waals surface area contributed by atoms with Gasteiger partial charge in [0.05, 0.1) is 21.3 Å². The van der Waals surface area contributed by atoms with Crippen LogP contribution < -0.4 is 0 Å². The predicted octanol–water partition coefficient (Wildman–Crippen LogP) is 10.4. The van der Waals surface area contributed by atoms with Crippen molar-refractivity contribution in [3.63, 3.8) is 0 Å². The normalized spacial score (nSPS) is 15.7. The number of benzene rings is 5. The van der Waals surface area contributed by atoms with E-state index in [9.17, 15) is 0 Å². The molecule has 0 bridgehead atoms. The summed E-state index contributed by atoms with van der Waals surface area (Å²) in [5.41, 5.74) is 5.60. The van der Waals surface area contributed by atoms with Gasteiger partial charge in [0.2, 0.25) is 0 Å². The van der Waals surface area contributed by atoms with Crippen molar-refractivity contribution in [3.05, 3.63) is 90.5 Å². The van der Waals surface area contributed by atoms with Crippen molar-refractivity contribution >= 4 is 80.4 Å². The molecule has 1 fully saturated rings. The average Bonchev–Trinajstić information content (AvgIpc) is 3.44. The van der Waals surface area contributed by atoms with Gasteiger partial charge < -0.3 is 4.40 Å². The Bertz CT molecular complexity index is 2130. The Morgan fingerprint density at radius 2 is 1.39 bits per heavy atom. The minimum absolute atomic E-state index is 0.712. The fourth-order valence-corrected chi connectivity index (χ4v) is 8.62. The lowest BCUT2D eigenvalue weighted by Gasteiger charge is -2.22. The SMILES string of the molecule is c1ccc2c(c1)cc1c3cccc4cccc(c43)n3c4ccc(C5CCCCC5)cc4c4sc2c1c43. The van der Waals surface area contributed by atoms with Gasteiger partial charge in [0.15, 0.2) is 0 Å². The monoisotopic (exact) mass is 479 g/mol. The second kappa shape index (κ2) is 6.99. The molecule has 2 heteroatoms. The van der Waals surface area contributed by atoms with E-state index in [1.807, 2.05) is 11.3 Å². The van der Waals surface area contributed by atoms with Gasteiger partial charge in [-0.15, -0.1) is 11.3 Å². The van der Waals surface area contributed by atoms with Gasteiger partial charge in [0, 0.05) is 20.9 Å². The van der Waals surface area contributed by atoms with Crippen molar-refractivity contribution in [1.82, 2.24) is 4.40 Å². The lowest BCUT2D eigenvalue weighted by atomic mass is 9.84. The van der Waals surface area contributed by atoms with Crippen LogP contribution in [-0.4, -0.2) is 4.40 Å². The van der Waals surface area contributed by atoms with Crippen LogP contribution >= 0.6 is 11.3 Å². The maximum absolute atomic E-state index is 2.59. The minimum Gasteiger partial charge on any atom is -0.307 e. The molecule has 9 rings (SSSR count). The van der Waals surface area contributed by atoms with Crippen LogP contribution in [0.2, 0.25) is 0 Å². The van der Waals surface area contributed by atoms with E-state index in [0.29, 0.717) is 5.92 Å². The first-order valence-electron chi connectivity index (χ1n) is 13.3. The Kier molecular flexibility index (Phi) is 3.80. The molecule has 0 radical (unpaired) electrons. The Labute approximate surface area is 212 Å². The van der Waals surface area contributed by atoms with Crippen molar-refractivity contribution in [2.75, 3.05) is 0 Å². The highest BCUT2D eigenvalue weighted by molar-refractivity contribution is 7.27. The van der Waals surface area contributed by atoms with Gasteiger partial charge in [0.1, 0.15) is 0 Å². The summed E-state index contributed by atoms with van der Waals surface area (Å²) in [4.78, 5) is 0. The highest BCUT2D eigenvalue weighted by Gasteiger charge is 2.23. The zero-order chi connectivity index (χ0) is 23.4. The van der Waals surface area contributed by atoms with Crippen molar-refractivity contribution in [2.45, 2.75) is 38.0 Å². The quantitative estimate of drug-likeness (QED) is 0.220. The zero-order valence-corrected chi connectivity index (χ0v) is 20.9. The van der Waals surface area contributed by atoms with Gasteiger partial charge in [-0.05, 0) is 75.5 Å². The summed E-state index contributed by atoms with van der Waals surface area (Å²) < 4.78 is 5.46. The van der Waals surface area contributed by atoms with Crippen molar-refractivity contribution < 1.29 is 0 Å². The van der Waals surface area contributed by atoms with Crippen molar-refractivity contribution in [3.8, 4) is 0 Å². The highest BCUT2D eigenvalue weighted by Crippen LogP contribution is 2.49. The molecule has 3 aromatic heterocycles. The molecule has 0 N–H and O–H groups in total. The number of aromatic nitrogens is 1. The minimum atomic E-state index is 0.712. The molecule has 36 heavy (non-hydrogen) atoms. The summed E-state index contributed by atoms with van der Waals surface area (Å²) in [5, 5.41) is 11.0. The Balaban J connectivity index is 1.58. The second-order valence-corrected chi connectivity index (χ2v) is 11.8. The molecule has 0 unspecified atom stereocenters. The van der Waals surface area contributed by atoms with Crippen LogP contribution in [-0.2, 0) is 0 Å². The molecule has 1 aliphatic rings. The molecule has 0 aliphatic heterocycles. The van der Waals surface area contributed by atoms with Crippen molar-refractivity contribution in [2.24, 2.45) is 0 Å². The van der Waals surface area contributed by atoms with Gasteiger partial charge >= 0.3 is 0 Å². The van der Waals surface area contributed by atoms with Gasteiger partial charge in [-0.1, -0.05) is 79.9 Å². The number of fused-ring (bicyclic) bond motifs is 7. The predicted molar refractivity (Wildman–Crippen MR) is 157 cm³/mol. The molecule has 0 spiro atoms. The van der Waals surface area contributed by atoms with Crippen LogP contribution in [0.4, 0.5) is 0 Å².